The van der Waals surface area contributed by atoms with E-state index in [0.29, 0.717) is 19.3 Å². The van der Waals surface area contributed by atoms with Gasteiger partial charge in [0.15, 0.2) is 17.2 Å². The quantitative estimate of drug-likeness (QED) is 0.486. The van der Waals surface area contributed by atoms with Crippen molar-refractivity contribution >= 4 is 11.6 Å². The lowest BCUT2D eigenvalue weighted by atomic mass is 9.84. The summed E-state index contributed by atoms with van der Waals surface area (Å²) < 4.78 is 0. The van der Waals surface area contributed by atoms with E-state index < -0.39 is 5.60 Å². The van der Waals surface area contributed by atoms with Crippen LogP contribution in [0.1, 0.15) is 26.2 Å². The van der Waals surface area contributed by atoms with Crippen molar-refractivity contribution in [2.45, 2.75) is 31.8 Å². The van der Waals surface area contributed by atoms with Crippen LogP contribution in [-0.4, -0.2) is 22.3 Å². The first kappa shape index (κ1) is 7.41. The molecule has 3 heteroatoms. The van der Waals surface area contributed by atoms with E-state index >= 15 is 0 Å². The summed E-state index contributed by atoms with van der Waals surface area (Å²) in [5.41, 5.74) is -1.68. The molecule has 0 amide bonds. The van der Waals surface area contributed by atoms with Gasteiger partial charge < -0.3 is 5.11 Å². The molecule has 10 heavy (non-hydrogen) atoms. The topological polar surface area (TPSA) is 54.4 Å². The molecule has 1 rings (SSSR count). The maximum atomic E-state index is 10.9. The van der Waals surface area contributed by atoms with E-state index in [2.05, 4.69) is 0 Å². The van der Waals surface area contributed by atoms with E-state index in [9.17, 15) is 14.7 Å². The minimum Gasteiger partial charge on any atom is -0.375 e. The zero-order chi connectivity index (χ0) is 7.78. The van der Waals surface area contributed by atoms with Gasteiger partial charge in [-0.1, -0.05) is 0 Å². The Kier molecular flexibility index (Phi) is 1.60. The molecule has 1 aliphatic rings. The normalized spacial score (nSPS) is 25.0. The second kappa shape index (κ2) is 2.16. The van der Waals surface area contributed by atoms with E-state index in [0.717, 1.165) is 0 Å². The van der Waals surface area contributed by atoms with E-state index in [1.165, 1.54) is 6.92 Å². The van der Waals surface area contributed by atoms with Crippen LogP contribution in [0.2, 0.25) is 0 Å². The van der Waals surface area contributed by atoms with Crippen molar-refractivity contribution in [1.29, 1.82) is 0 Å². The highest BCUT2D eigenvalue weighted by Gasteiger charge is 2.40. The molecule has 1 N–H and O–H groups in total. The number of hydrogen-bond donors (Lipinski definition) is 1. The number of aliphatic hydroxyl groups is 1. The van der Waals surface area contributed by atoms with E-state index in [1.807, 2.05) is 0 Å². The average Bonchev–Trinajstić information content (AvgIpc) is 1.84. The molecular weight excluding hydrogens is 132 g/mol. The predicted octanol–water partition coefficient (Wildman–Crippen LogP) is 0.0595. The summed E-state index contributed by atoms with van der Waals surface area (Å²) in [5, 5.41) is 9.21. The Balaban J connectivity index is 2.83. The molecular formula is C7H10O3. The molecule has 0 radical (unpaired) electrons. The molecule has 1 aliphatic carbocycles. The number of ketones is 2. The Morgan fingerprint density at radius 1 is 1.30 bits per heavy atom. The summed E-state index contributed by atoms with van der Waals surface area (Å²) in [6, 6.07) is 0. The number of carbonyl (C=O) groups excluding carboxylic acids is 2. The first-order valence-corrected chi connectivity index (χ1v) is 3.34. The van der Waals surface area contributed by atoms with Crippen LogP contribution in [0, 0.1) is 0 Å². The molecule has 0 atom stereocenters. The van der Waals surface area contributed by atoms with Crippen molar-refractivity contribution in [3.05, 3.63) is 0 Å². The lowest BCUT2D eigenvalue weighted by molar-refractivity contribution is -0.152. The van der Waals surface area contributed by atoms with E-state index in [-0.39, 0.29) is 11.6 Å². The number of rotatable bonds is 0. The van der Waals surface area contributed by atoms with Crippen LogP contribution in [0.15, 0.2) is 0 Å². The van der Waals surface area contributed by atoms with Crippen LogP contribution in [0.4, 0.5) is 0 Å². The zero-order valence-corrected chi connectivity index (χ0v) is 5.89. The number of Topliss-reactive ketones (excluding diaryl/α,β-unsaturated/α-hetero) is 2. The first-order valence-electron chi connectivity index (χ1n) is 3.34. The third-order valence-corrected chi connectivity index (χ3v) is 1.89. The molecule has 0 aliphatic heterocycles. The van der Waals surface area contributed by atoms with Crippen molar-refractivity contribution in [2.75, 3.05) is 0 Å². The Labute approximate surface area is 59.0 Å². The first-order chi connectivity index (χ1) is 4.55. The van der Waals surface area contributed by atoms with Gasteiger partial charge >= 0.3 is 0 Å². The van der Waals surface area contributed by atoms with Crippen molar-refractivity contribution in [3.8, 4) is 0 Å². The van der Waals surface area contributed by atoms with Gasteiger partial charge in [0.05, 0.1) is 0 Å². The van der Waals surface area contributed by atoms with Crippen LogP contribution in [0.25, 0.3) is 0 Å². The van der Waals surface area contributed by atoms with Gasteiger partial charge in [0.1, 0.15) is 0 Å². The summed E-state index contributed by atoms with van der Waals surface area (Å²) in [7, 11) is 0. The third-order valence-electron chi connectivity index (χ3n) is 1.89. The van der Waals surface area contributed by atoms with Gasteiger partial charge in [0.2, 0.25) is 0 Å². The fourth-order valence-corrected chi connectivity index (χ4v) is 1.05. The summed E-state index contributed by atoms with van der Waals surface area (Å²) in [4.78, 5) is 21.7. The molecule has 0 aromatic heterocycles. The van der Waals surface area contributed by atoms with Crippen molar-refractivity contribution in [2.24, 2.45) is 0 Å². The molecule has 0 bridgehead atoms. The summed E-state index contributed by atoms with van der Waals surface area (Å²) >= 11 is 0. The molecule has 56 valence electrons. The zero-order valence-electron chi connectivity index (χ0n) is 5.89. The van der Waals surface area contributed by atoms with Gasteiger partial charge in [-0.05, 0) is 13.3 Å². The highest BCUT2D eigenvalue weighted by Crippen LogP contribution is 2.20. The van der Waals surface area contributed by atoms with Crippen molar-refractivity contribution in [3.63, 3.8) is 0 Å². The number of carbonyl (C=O) groups is 2. The fourth-order valence-electron chi connectivity index (χ4n) is 1.05. The van der Waals surface area contributed by atoms with Crippen molar-refractivity contribution in [1.82, 2.24) is 0 Å². The molecule has 0 aromatic carbocycles. The SMILES string of the molecule is CC1(O)C(=O)CCCC1=O. The molecule has 0 heterocycles. The Bertz CT molecular complexity index is 163. The minimum atomic E-state index is -1.68. The smallest absolute Gasteiger partial charge is 0.178 e. The van der Waals surface area contributed by atoms with Gasteiger partial charge in [-0.2, -0.15) is 0 Å². The van der Waals surface area contributed by atoms with Crippen LogP contribution in [0.5, 0.6) is 0 Å². The highest BCUT2D eigenvalue weighted by atomic mass is 16.3. The second-order valence-electron chi connectivity index (χ2n) is 2.77. The molecule has 1 fully saturated rings. The monoisotopic (exact) mass is 142 g/mol. The molecule has 1 saturated carbocycles. The standard InChI is InChI=1S/C7H10O3/c1-7(10)5(8)3-2-4-6(7)9/h10H,2-4H2,1H3. The number of hydrogen-bond acceptors (Lipinski definition) is 3. The van der Waals surface area contributed by atoms with Crippen LogP contribution in [-0.2, 0) is 9.59 Å². The Hall–Kier alpha value is -0.700. The molecule has 0 saturated heterocycles. The fraction of sp³-hybridized carbons (Fsp3) is 0.714. The van der Waals surface area contributed by atoms with Crippen LogP contribution < -0.4 is 0 Å². The lowest BCUT2D eigenvalue weighted by Crippen LogP contribution is -2.46. The summed E-state index contributed by atoms with van der Waals surface area (Å²) in [6.07, 6.45) is 1.26. The predicted molar refractivity (Wildman–Crippen MR) is 34.5 cm³/mol. The summed E-state index contributed by atoms with van der Waals surface area (Å²) in [5.74, 6) is -0.687. The largest absolute Gasteiger partial charge is 0.375 e. The van der Waals surface area contributed by atoms with Gasteiger partial charge in [0.25, 0.3) is 0 Å². The average molecular weight is 142 g/mol. The molecule has 3 nitrogen and oxygen atoms in total. The third kappa shape index (κ3) is 0.968. The molecule has 0 unspecified atom stereocenters. The Morgan fingerprint density at radius 3 is 2.00 bits per heavy atom. The second-order valence-corrected chi connectivity index (χ2v) is 2.77. The summed E-state index contributed by atoms with van der Waals surface area (Å²) in [6.45, 7) is 1.27. The van der Waals surface area contributed by atoms with Gasteiger partial charge in [0, 0.05) is 12.8 Å². The maximum absolute atomic E-state index is 10.9. The maximum Gasteiger partial charge on any atom is 0.178 e. The van der Waals surface area contributed by atoms with Gasteiger partial charge in [-0.15, -0.1) is 0 Å². The molecule has 0 spiro atoms. The van der Waals surface area contributed by atoms with Gasteiger partial charge in [-0.25, -0.2) is 0 Å². The lowest BCUT2D eigenvalue weighted by Gasteiger charge is -2.24. The van der Waals surface area contributed by atoms with Gasteiger partial charge in [-0.3, -0.25) is 9.59 Å². The Morgan fingerprint density at radius 2 is 1.70 bits per heavy atom. The highest BCUT2D eigenvalue weighted by molar-refractivity contribution is 6.11. The van der Waals surface area contributed by atoms with Crippen LogP contribution >= 0.6 is 0 Å². The minimum absolute atomic E-state index is 0.332. The van der Waals surface area contributed by atoms with E-state index in [1.54, 1.807) is 0 Å². The molecule has 0 aromatic rings. The van der Waals surface area contributed by atoms with Crippen LogP contribution in [0.3, 0.4) is 0 Å². The van der Waals surface area contributed by atoms with E-state index in [4.69, 9.17) is 0 Å². The van der Waals surface area contributed by atoms with Crippen molar-refractivity contribution < 1.29 is 14.7 Å².